The SMILES string of the molecule is Cc1nc(CNCc2cccnc2)sc1C. The second-order valence-corrected chi connectivity index (χ2v) is 5.00. The molecule has 0 fully saturated rings. The highest BCUT2D eigenvalue weighted by atomic mass is 32.1. The second kappa shape index (κ2) is 5.18. The van der Waals surface area contributed by atoms with E-state index in [4.69, 9.17) is 0 Å². The van der Waals surface area contributed by atoms with Crippen LogP contribution in [-0.2, 0) is 13.1 Å². The molecule has 16 heavy (non-hydrogen) atoms. The molecule has 2 aromatic rings. The molecule has 2 aromatic heterocycles. The summed E-state index contributed by atoms with van der Waals surface area (Å²) < 4.78 is 0. The van der Waals surface area contributed by atoms with Crippen LogP contribution in [0.3, 0.4) is 0 Å². The van der Waals surface area contributed by atoms with Crippen LogP contribution in [0.1, 0.15) is 21.1 Å². The van der Waals surface area contributed by atoms with Crippen LogP contribution >= 0.6 is 11.3 Å². The fraction of sp³-hybridized carbons (Fsp3) is 0.333. The minimum atomic E-state index is 0.828. The molecule has 4 heteroatoms. The van der Waals surface area contributed by atoms with Crippen molar-refractivity contribution < 1.29 is 0 Å². The molecule has 84 valence electrons. The molecule has 0 radical (unpaired) electrons. The van der Waals surface area contributed by atoms with Gasteiger partial charge in [-0.2, -0.15) is 0 Å². The molecule has 0 saturated carbocycles. The van der Waals surface area contributed by atoms with Crippen LogP contribution in [-0.4, -0.2) is 9.97 Å². The van der Waals surface area contributed by atoms with Crippen molar-refractivity contribution in [3.8, 4) is 0 Å². The van der Waals surface area contributed by atoms with E-state index >= 15 is 0 Å². The Labute approximate surface area is 99.6 Å². The van der Waals surface area contributed by atoms with Gasteiger partial charge >= 0.3 is 0 Å². The number of aryl methyl sites for hydroxylation is 2. The number of thiazole rings is 1. The van der Waals surface area contributed by atoms with Gasteiger partial charge in [0.1, 0.15) is 5.01 Å². The minimum absolute atomic E-state index is 0.828. The summed E-state index contributed by atoms with van der Waals surface area (Å²) >= 11 is 1.76. The van der Waals surface area contributed by atoms with Crippen LogP contribution in [0.25, 0.3) is 0 Å². The molecule has 3 nitrogen and oxygen atoms in total. The van der Waals surface area contributed by atoms with E-state index in [0.717, 1.165) is 23.8 Å². The van der Waals surface area contributed by atoms with Crippen molar-refractivity contribution in [2.45, 2.75) is 26.9 Å². The van der Waals surface area contributed by atoms with Crippen LogP contribution in [0, 0.1) is 13.8 Å². The fourth-order valence-electron chi connectivity index (χ4n) is 1.43. The highest BCUT2D eigenvalue weighted by Gasteiger charge is 2.02. The van der Waals surface area contributed by atoms with Gasteiger partial charge < -0.3 is 5.32 Å². The van der Waals surface area contributed by atoms with Crippen molar-refractivity contribution >= 4 is 11.3 Å². The maximum atomic E-state index is 4.48. The van der Waals surface area contributed by atoms with Crippen molar-refractivity contribution in [2.24, 2.45) is 0 Å². The van der Waals surface area contributed by atoms with Crippen molar-refractivity contribution in [2.75, 3.05) is 0 Å². The summed E-state index contributed by atoms with van der Waals surface area (Å²) in [7, 11) is 0. The van der Waals surface area contributed by atoms with Crippen molar-refractivity contribution in [1.82, 2.24) is 15.3 Å². The predicted octanol–water partition coefficient (Wildman–Crippen LogP) is 2.44. The van der Waals surface area contributed by atoms with Crippen LogP contribution < -0.4 is 5.32 Å². The van der Waals surface area contributed by atoms with Gasteiger partial charge in [-0.3, -0.25) is 4.98 Å². The highest BCUT2D eigenvalue weighted by Crippen LogP contribution is 2.15. The third-order valence-corrected chi connectivity index (χ3v) is 3.47. The van der Waals surface area contributed by atoms with E-state index in [0.29, 0.717) is 0 Å². The largest absolute Gasteiger partial charge is 0.306 e. The van der Waals surface area contributed by atoms with E-state index in [2.05, 4.69) is 35.2 Å². The molecule has 1 N–H and O–H groups in total. The summed E-state index contributed by atoms with van der Waals surface area (Å²) in [4.78, 5) is 9.86. The second-order valence-electron chi connectivity index (χ2n) is 3.71. The van der Waals surface area contributed by atoms with Gasteiger partial charge in [0, 0.05) is 30.4 Å². The lowest BCUT2D eigenvalue weighted by Crippen LogP contribution is -2.12. The Morgan fingerprint density at radius 1 is 1.31 bits per heavy atom. The fourth-order valence-corrected chi connectivity index (χ4v) is 2.33. The molecular weight excluding hydrogens is 218 g/mol. The van der Waals surface area contributed by atoms with Crippen LogP contribution in [0.4, 0.5) is 0 Å². The predicted molar refractivity (Wildman–Crippen MR) is 66.4 cm³/mol. The molecule has 2 rings (SSSR count). The van der Waals surface area contributed by atoms with Crippen molar-refractivity contribution in [1.29, 1.82) is 0 Å². The number of rotatable bonds is 4. The summed E-state index contributed by atoms with van der Waals surface area (Å²) in [6.07, 6.45) is 3.67. The first-order valence-electron chi connectivity index (χ1n) is 5.28. The summed E-state index contributed by atoms with van der Waals surface area (Å²) in [6.45, 7) is 5.83. The van der Waals surface area contributed by atoms with Gasteiger partial charge in [0.15, 0.2) is 0 Å². The molecule has 0 amide bonds. The van der Waals surface area contributed by atoms with Crippen LogP contribution in [0.2, 0.25) is 0 Å². The van der Waals surface area contributed by atoms with Gasteiger partial charge in [0.05, 0.1) is 5.69 Å². The molecule has 0 aliphatic rings. The Balaban J connectivity index is 1.84. The molecule has 0 aliphatic carbocycles. The Morgan fingerprint density at radius 2 is 2.19 bits per heavy atom. The number of nitrogens with one attached hydrogen (secondary N) is 1. The van der Waals surface area contributed by atoms with Gasteiger partial charge in [0.2, 0.25) is 0 Å². The first-order valence-corrected chi connectivity index (χ1v) is 6.10. The summed E-state index contributed by atoms with van der Waals surface area (Å²) in [5.41, 5.74) is 2.34. The molecule has 0 bridgehead atoms. The average Bonchev–Trinajstić information content (AvgIpc) is 2.60. The van der Waals surface area contributed by atoms with E-state index in [-0.39, 0.29) is 0 Å². The van der Waals surface area contributed by atoms with E-state index in [9.17, 15) is 0 Å². The lowest BCUT2D eigenvalue weighted by Gasteiger charge is -2.01. The van der Waals surface area contributed by atoms with Gasteiger partial charge in [-0.05, 0) is 25.5 Å². The smallest absolute Gasteiger partial charge is 0.107 e. The topological polar surface area (TPSA) is 37.8 Å². The third-order valence-electron chi connectivity index (χ3n) is 2.40. The van der Waals surface area contributed by atoms with Gasteiger partial charge in [-0.1, -0.05) is 6.07 Å². The Morgan fingerprint density at radius 3 is 2.81 bits per heavy atom. The lowest BCUT2D eigenvalue weighted by atomic mass is 10.3. The molecule has 0 atom stereocenters. The molecule has 0 unspecified atom stereocenters. The molecule has 2 heterocycles. The maximum absolute atomic E-state index is 4.48. The third kappa shape index (κ3) is 2.87. The quantitative estimate of drug-likeness (QED) is 0.881. The molecule has 0 aromatic carbocycles. The molecule has 0 saturated heterocycles. The van der Waals surface area contributed by atoms with E-state index in [1.165, 1.54) is 10.4 Å². The Hall–Kier alpha value is -1.26. The molecule has 0 spiro atoms. The lowest BCUT2D eigenvalue weighted by molar-refractivity contribution is 0.687. The van der Waals surface area contributed by atoms with Crippen LogP contribution in [0.5, 0.6) is 0 Å². The van der Waals surface area contributed by atoms with E-state index < -0.39 is 0 Å². The number of hydrogen-bond acceptors (Lipinski definition) is 4. The summed E-state index contributed by atoms with van der Waals surface area (Å²) in [6, 6.07) is 4.02. The summed E-state index contributed by atoms with van der Waals surface area (Å²) in [5.74, 6) is 0. The van der Waals surface area contributed by atoms with E-state index in [1.807, 2.05) is 12.3 Å². The number of aromatic nitrogens is 2. The highest BCUT2D eigenvalue weighted by molar-refractivity contribution is 7.11. The van der Waals surface area contributed by atoms with Crippen molar-refractivity contribution in [3.05, 3.63) is 45.7 Å². The number of hydrogen-bond donors (Lipinski definition) is 1. The minimum Gasteiger partial charge on any atom is -0.306 e. The standard InChI is InChI=1S/C12H15N3S/c1-9-10(2)16-12(15-9)8-14-7-11-4-3-5-13-6-11/h3-6,14H,7-8H2,1-2H3. The molecular formula is C12H15N3S. The van der Waals surface area contributed by atoms with Crippen molar-refractivity contribution in [3.63, 3.8) is 0 Å². The summed E-state index contributed by atoms with van der Waals surface area (Å²) in [5, 5.41) is 4.52. The first kappa shape index (κ1) is 11.2. The monoisotopic (exact) mass is 233 g/mol. The van der Waals surface area contributed by atoms with Gasteiger partial charge in [-0.25, -0.2) is 4.98 Å². The zero-order valence-corrected chi connectivity index (χ0v) is 10.3. The Bertz CT molecular complexity index is 431. The normalized spacial score (nSPS) is 10.6. The maximum Gasteiger partial charge on any atom is 0.107 e. The molecule has 0 aliphatic heterocycles. The zero-order chi connectivity index (χ0) is 11.4. The van der Waals surface area contributed by atoms with Crippen LogP contribution in [0.15, 0.2) is 24.5 Å². The first-order chi connectivity index (χ1) is 7.75. The zero-order valence-electron chi connectivity index (χ0n) is 9.53. The Kier molecular flexibility index (Phi) is 3.64. The van der Waals surface area contributed by atoms with Gasteiger partial charge in [-0.15, -0.1) is 11.3 Å². The number of nitrogens with zero attached hydrogens (tertiary/aromatic N) is 2. The average molecular weight is 233 g/mol. The van der Waals surface area contributed by atoms with Gasteiger partial charge in [0.25, 0.3) is 0 Å². The number of pyridine rings is 1. The van der Waals surface area contributed by atoms with E-state index in [1.54, 1.807) is 17.5 Å².